The van der Waals surface area contributed by atoms with Crippen LogP contribution in [0.4, 0.5) is 0 Å². The fourth-order valence-corrected chi connectivity index (χ4v) is 2.21. The molecule has 12 heavy (non-hydrogen) atoms. The first kappa shape index (κ1) is 11.6. The Morgan fingerprint density at radius 1 is 1.00 bits per heavy atom. The van der Waals surface area contributed by atoms with Crippen LogP contribution in [0.25, 0.3) is 5.32 Å². The van der Waals surface area contributed by atoms with Crippen molar-refractivity contribution in [1.29, 1.82) is 0 Å². The second-order valence-electron chi connectivity index (χ2n) is 3.65. The van der Waals surface area contributed by atoms with Crippen LogP contribution < -0.4 is 51.4 Å². The van der Waals surface area contributed by atoms with Crippen LogP contribution in [0.5, 0.6) is 0 Å². The summed E-state index contributed by atoms with van der Waals surface area (Å²) in [5.41, 5.74) is 0. The normalized spacial score (nSPS) is 27.0. The predicted molar refractivity (Wildman–Crippen MR) is 46.9 cm³/mol. The second kappa shape index (κ2) is 6.12. The minimum absolute atomic E-state index is 0. The van der Waals surface area contributed by atoms with E-state index in [0.717, 1.165) is 19.1 Å². The minimum atomic E-state index is 0. The third kappa shape index (κ3) is 3.05. The summed E-state index contributed by atoms with van der Waals surface area (Å²) in [6.45, 7) is 4.93. The van der Waals surface area contributed by atoms with E-state index in [1.807, 2.05) is 0 Å². The average Bonchev–Trinajstić information content (AvgIpc) is 2.58. The summed E-state index contributed by atoms with van der Waals surface area (Å²) in [5.74, 6) is 0. The molecule has 2 aliphatic heterocycles. The van der Waals surface area contributed by atoms with E-state index in [0.29, 0.717) is 0 Å². The van der Waals surface area contributed by atoms with Gasteiger partial charge in [-0.2, -0.15) is 0 Å². The number of hydrogen-bond acceptors (Lipinski definition) is 1. The van der Waals surface area contributed by atoms with Crippen LogP contribution in [0.15, 0.2) is 0 Å². The van der Waals surface area contributed by atoms with E-state index in [1.165, 1.54) is 38.8 Å². The van der Waals surface area contributed by atoms with Crippen molar-refractivity contribution in [3.05, 3.63) is 5.32 Å². The van der Waals surface area contributed by atoms with Gasteiger partial charge in [-0.1, -0.05) is 12.8 Å². The second-order valence-corrected chi connectivity index (χ2v) is 3.65. The molecule has 0 aromatic rings. The topological polar surface area (TPSA) is 17.3 Å². The van der Waals surface area contributed by atoms with Gasteiger partial charge in [0.2, 0.25) is 0 Å². The summed E-state index contributed by atoms with van der Waals surface area (Å²) >= 11 is 0. The Labute approximate surface area is 118 Å². The molecule has 0 bridgehead atoms. The Bertz CT molecular complexity index is 118. The van der Waals surface area contributed by atoms with Gasteiger partial charge in [0.1, 0.15) is 0 Å². The van der Waals surface area contributed by atoms with Crippen LogP contribution in [0.2, 0.25) is 0 Å². The van der Waals surface area contributed by atoms with Crippen LogP contribution >= 0.6 is 0 Å². The molecule has 0 N–H and O–H groups in total. The third-order valence-corrected chi connectivity index (χ3v) is 2.90. The van der Waals surface area contributed by atoms with Crippen LogP contribution in [0.3, 0.4) is 0 Å². The number of likely N-dealkylation sites (tertiary alicyclic amines) is 1. The summed E-state index contributed by atoms with van der Waals surface area (Å²) < 4.78 is 0. The van der Waals surface area contributed by atoms with Crippen molar-refractivity contribution in [3.63, 3.8) is 0 Å². The third-order valence-electron chi connectivity index (χ3n) is 2.90. The Morgan fingerprint density at radius 2 is 1.58 bits per heavy atom. The molecule has 0 atom stereocenters. The number of nitrogens with zero attached hydrogens (tertiary/aromatic N) is 2. The van der Waals surface area contributed by atoms with Gasteiger partial charge in [0.05, 0.1) is 0 Å². The van der Waals surface area contributed by atoms with Crippen molar-refractivity contribution in [3.8, 4) is 0 Å². The Kier molecular flexibility index (Phi) is 5.93. The number of hydrogen-bond donors (Lipinski definition) is 0. The fraction of sp³-hybridized carbons (Fsp3) is 1.00. The maximum Gasteiger partial charge on any atom is 1.00 e. The van der Waals surface area contributed by atoms with Crippen molar-refractivity contribution < 1.29 is 51.4 Å². The van der Waals surface area contributed by atoms with Gasteiger partial charge in [-0.15, -0.1) is 13.1 Å². The van der Waals surface area contributed by atoms with Crippen molar-refractivity contribution in [2.24, 2.45) is 0 Å². The molecule has 3 heteroatoms. The van der Waals surface area contributed by atoms with Crippen LogP contribution in [-0.2, 0) is 0 Å². The molecule has 2 fully saturated rings. The average molecular weight is 192 g/mol. The Hall–Kier alpha value is 1.56. The fourth-order valence-electron chi connectivity index (χ4n) is 2.21. The Morgan fingerprint density at radius 3 is 2.17 bits per heavy atom. The standard InChI is InChI=1S/C9H17N2.K/c1-2-8-11(7-1)9-3-5-10-6-4-9;/h9H,1-8H2;/q-1;+1. The van der Waals surface area contributed by atoms with Crippen molar-refractivity contribution in [1.82, 2.24) is 4.90 Å². The molecule has 2 rings (SSSR count). The van der Waals surface area contributed by atoms with E-state index in [-0.39, 0.29) is 51.4 Å². The summed E-state index contributed by atoms with van der Waals surface area (Å²) in [6, 6.07) is 0.884. The molecule has 0 unspecified atom stereocenters. The van der Waals surface area contributed by atoms with Gasteiger partial charge in [-0.25, -0.2) is 0 Å². The molecule has 0 aromatic carbocycles. The van der Waals surface area contributed by atoms with Gasteiger partial charge in [0.15, 0.2) is 0 Å². The van der Waals surface area contributed by atoms with Gasteiger partial charge in [0.25, 0.3) is 0 Å². The summed E-state index contributed by atoms with van der Waals surface area (Å²) in [6.07, 6.45) is 5.49. The molecule has 64 valence electrons. The van der Waals surface area contributed by atoms with Crippen molar-refractivity contribution in [2.45, 2.75) is 31.7 Å². The van der Waals surface area contributed by atoms with E-state index < -0.39 is 0 Å². The molecule has 0 radical (unpaired) electrons. The SMILES string of the molecule is C1CCN(C2CC[N-]CC2)C1.[K+]. The molecular formula is C9H17KN2. The first-order valence-corrected chi connectivity index (χ1v) is 4.84. The van der Waals surface area contributed by atoms with Crippen LogP contribution in [0.1, 0.15) is 25.7 Å². The maximum atomic E-state index is 4.37. The zero-order chi connectivity index (χ0) is 7.52. The maximum absolute atomic E-state index is 4.37. The van der Waals surface area contributed by atoms with Crippen LogP contribution in [0, 0.1) is 0 Å². The van der Waals surface area contributed by atoms with Crippen molar-refractivity contribution in [2.75, 3.05) is 26.2 Å². The van der Waals surface area contributed by atoms with E-state index in [9.17, 15) is 0 Å². The molecule has 0 aliphatic carbocycles. The smallest absolute Gasteiger partial charge is 0.662 e. The quantitative estimate of drug-likeness (QED) is 0.468. The first-order chi connectivity index (χ1) is 5.47. The zero-order valence-electron chi connectivity index (χ0n) is 8.13. The van der Waals surface area contributed by atoms with E-state index in [2.05, 4.69) is 10.2 Å². The molecule has 2 nitrogen and oxygen atoms in total. The molecule has 0 amide bonds. The predicted octanol–water partition coefficient (Wildman–Crippen LogP) is -1.38. The van der Waals surface area contributed by atoms with E-state index in [1.54, 1.807) is 0 Å². The van der Waals surface area contributed by atoms with Gasteiger partial charge >= 0.3 is 51.4 Å². The largest absolute Gasteiger partial charge is 1.00 e. The molecule has 0 saturated carbocycles. The number of piperidine rings is 1. The Balaban J connectivity index is 0.000000720. The van der Waals surface area contributed by atoms with E-state index in [4.69, 9.17) is 0 Å². The van der Waals surface area contributed by atoms with Crippen molar-refractivity contribution >= 4 is 0 Å². The molecule has 2 aliphatic rings. The molecule has 2 saturated heterocycles. The van der Waals surface area contributed by atoms with Crippen LogP contribution in [-0.4, -0.2) is 37.1 Å². The zero-order valence-corrected chi connectivity index (χ0v) is 11.3. The number of rotatable bonds is 1. The van der Waals surface area contributed by atoms with E-state index >= 15 is 0 Å². The molecular weight excluding hydrogens is 175 g/mol. The van der Waals surface area contributed by atoms with Gasteiger partial charge in [0, 0.05) is 6.04 Å². The molecule has 0 spiro atoms. The van der Waals surface area contributed by atoms with Gasteiger partial charge < -0.3 is 10.2 Å². The summed E-state index contributed by atoms with van der Waals surface area (Å²) in [5, 5.41) is 4.37. The van der Waals surface area contributed by atoms with Gasteiger partial charge in [-0.05, 0) is 25.9 Å². The molecule has 0 aromatic heterocycles. The monoisotopic (exact) mass is 192 g/mol. The minimum Gasteiger partial charge on any atom is -0.662 e. The molecule has 2 heterocycles. The first-order valence-electron chi connectivity index (χ1n) is 4.84. The summed E-state index contributed by atoms with van der Waals surface area (Å²) in [4.78, 5) is 2.66. The van der Waals surface area contributed by atoms with Gasteiger partial charge in [-0.3, -0.25) is 0 Å². The summed E-state index contributed by atoms with van der Waals surface area (Å²) in [7, 11) is 0.